The highest BCUT2D eigenvalue weighted by molar-refractivity contribution is 7.98. The van der Waals surface area contributed by atoms with Crippen LogP contribution < -0.4 is 20.7 Å². The van der Waals surface area contributed by atoms with Gasteiger partial charge in [-0.15, -0.1) is 0 Å². The fraction of sp³-hybridized carbons (Fsp3) is 0.412. The van der Waals surface area contributed by atoms with Gasteiger partial charge in [0.05, 0.1) is 13.2 Å². The van der Waals surface area contributed by atoms with Crippen LogP contribution >= 0.6 is 11.8 Å². The van der Waals surface area contributed by atoms with Crippen LogP contribution in [-0.2, 0) is 19.8 Å². The lowest BCUT2D eigenvalue weighted by Gasteiger charge is -2.10. The highest BCUT2D eigenvalue weighted by Crippen LogP contribution is 2.18. The Morgan fingerprint density at radius 3 is 2.25 bits per heavy atom. The first-order valence-electron chi connectivity index (χ1n) is 7.72. The van der Waals surface area contributed by atoms with E-state index in [1.807, 2.05) is 31.2 Å². The van der Waals surface area contributed by atoms with Crippen molar-refractivity contribution in [2.75, 3.05) is 19.0 Å². The van der Waals surface area contributed by atoms with Crippen LogP contribution in [-0.4, -0.2) is 28.1 Å². The van der Waals surface area contributed by atoms with E-state index < -0.39 is 0 Å². The van der Waals surface area contributed by atoms with E-state index in [0.29, 0.717) is 24.7 Å². The number of thioether (sulfide) groups is 1. The predicted octanol–water partition coefficient (Wildman–Crippen LogP) is 1.79. The van der Waals surface area contributed by atoms with E-state index in [0.717, 1.165) is 21.8 Å². The van der Waals surface area contributed by atoms with Crippen molar-refractivity contribution < 1.29 is 9.47 Å². The van der Waals surface area contributed by atoms with Crippen molar-refractivity contribution in [2.24, 2.45) is 14.1 Å². The normalized spacial score (nSPS) is 10.6. The zero-order valence-corrected chi connectivity index (χ0v) is 15.0. The number of nitrogens with zero attached hydrogens (tertiary/aromatic N) is 2. The molecule has 0 unspecified atom stereocenters. The maximum atomic E-state index is 11.8. The molecule has 0 atom stereocenters. The molecule has 7 heteroatoms. The third kappa shape index (κ3) is 4.67. The summed E-state index contributed by atoms with van der Waals surface area (Å²) in [6.07, 6.45) is 0. The quantitative estimate of drug-likeness (QED) is 0.679. The molecule has 0 N–H and O–H groups in total. The Morgan fingerprint density at radius 1 is 1.00 bits per heavy atom. The molecule has 0 aliphatic heterocycles. The maximum absolute atomic E-state index is 11.8. The van der Waals surface area contributed by atoms with E-state index in [1.165, 1.54) is 17.7 Å². The molecule has 1 aromatic heterocycles. The molecule has 0 aliphatic rings. The Balaban J connectivity index is 1.79. The van der Waals surface area contributed by atoms with E-state index in [2.05, 4.69) is 0 Å². The van der Waals surface area contributed by atoms with Gasteiger partial charge in [0.15, 0.2) is 0 Å². The van der Waals surface area contributed by atoms with Crippen LogP contribution in [0.2, 0.25) is 0 Å². The number of benzene rings is 1. The summed E-state index contributed by atoms with van der Waals surface area (Å²) in [6.45, 7) is 3.14. The van der Waals surface area contributed by atoms with Gasteiger partial charge >= 0.3 is 5.69 Å². The van der Waals surface area contributed by atoms with Crippen molar-refractivity contribution in [1.29, 1.82) is 0 Å². The van der Waals surface area contributed by atoms with Gasteiger partial charge in [-0.2, -0.15) is 11.8 Å². The Hall–Kier alpha value is -2.15. The number of ether oxygens (including phenoxy) is 2. The van der Waals surface area contributed by atoms with Crippen LogP contribution in [0, 0.1) is 0 Å². The van der Waals surface area contributed by atoms with Crippen LogP contribution in [0.5, 0.6) is 11.5 Å². The Bertz CT molecular complexity index is 781. The molecule has 0 spiro atoms. The second kappa shape index (κ2) is 8.63. The van der Waals surface area contributed by atoms with Crippen molar-refractivity contribution in [2.45, 2.75) is 12.7 Å². The van der Waals surface area contributed by atoms with Crippen LogP contribution in [0.25, 0.3) is 0 Å². The lowest BCUT2D eigenvalue weighted by Crippen LogP contribution is -2.37. The van der Waals surface area contributed by atoms with Gasteiger partial charge in [-0.3, -0.25) is 13.9 Å². The van der Waals surface area contributed by atoms with E-state index in [1.54, 1.807) is 18.8 Å². The van der Waals surface area contributed by atoms with Crippen molar-refractivity contribution in [3.63, 3.8) is 0 Å². The fourth-order valence-corrected chi connectivity index (χ4v) is 2.94. The molecule has 0 amide bonds. The maximum Gasteiger partial charge on any atom is 0.330 e. The zero-order valence-electron chi connectivity index (χ0n) is 14.2. The van der Waals surface area contributed by atoms with Gasteiger partial charge in [-0.05, 0) is 31.2 Å². The fourth-order valence-electron chi connectivity index (χ4n) is 2.11. The molecule has 1 aromatic carbocycles. The van der Waals surface area contributed by atoms with E-state index >= 15 is 0 Å². The van der Waals surface area contributed by atoms with Crippen LogP contribution in [0.4, 0.5) is 0 Å². The molecule has 0 radical (unpaired) electrons. The molecule has 2 aromatic rings. The molecule has 0 saturated heterocycles. The van der Waals surface area contributed by atoms with E-state index in [4.69, 9.17) is 9.47 Å². The lowest BCUT2D eigenvalue weighted by molar-refractivity contribution is 0.332. The summed E-state index contributed by atoms with van der Waals surface area (Å²) in [5.74, 6) is 2.97. The van der Waals surface area contributed by atoms with Crippen molar-refractivity contribution >= 4 is 11.8 Å². The predicted molar refractivity (Wildman–Crippen MR) is 96.2 cm³/mol. The van der Waals surface area contributed by atoms with Gasteiger partial charge < -0.3 is 9.47 Å². The van der Waals surface area contributed by atoms with Gasteiger partial charge in [0, 0.05) is 37.4 Å². The van der Waals surface area contributed by atoms with Gasteiger partial charge in [0.25, 0.3) is 5.56 Å². The van der Waals surface area contributed by atoms with Gasteiger partial charge in [-0.1, -0.05) is 0 Å². The average Bonchev–Trinajstić information content (AvgIpc) is 2.58. The SMILES string of the molecule is CCOc1ccc(OCCSCc2cc(=O)n(C)c(=O)n2C)cc1. The smallest absolute Gasteiger partial charge is 0.330 e. The van der Waals surface area contributed by atoms with Gasteiger partial charge in [0.1, 0.15) is 11.5 Å². The van der Waals surface area contributed by atoms with Crippen LogP contribution in [0.3, 0.4) is 0 Å². The first kappa shape index (κ1) is 18.2. The minimum atomic E-state index is -0.302. The summed E-state index contributed by atoms with van der Waals surface area (Å²) in [7, 11) is 3.15. The third-order valence-electron chi connectivity index (χ3n) is 3.51. The molecule has 24 heavy (non-hydrogen) atoms. The zero-order chi connectivity index (χ0) is 17.5. The summed E-state index contributed by atoms with van der Waals surface area (Å²) in [4.78, 5) is 23.5. The van der Waals surface area contributed by atoms with Crippen molar-refractivity contribution in [1.82, 2.24) is 9.13 Å². The minimum Gasteiger partial charge on any atom is -0.494 e. The molecule has 0 bridgehead atoms. The average molecular weight is 350 g/mol. The molecule has 0 fully saturated rings. The second-order valence-electron chi connectivity index (χ2n) is 5.18. The number of aromatic nitrogens is 2. The Kier molecular flexibility index (Phi) is 6.54. The first-order valence-corrected chi connectivity index (χ1v) is 8.87. The Labute approximate surface area is 145 Å². The number of hydrogen-bond acceptors (Lipinski definition) is 5. The first-order chi connectivity index (χ1) is 11.5. The molecule has 0 aliphatic carbocycles. The Morgan fingerprint density at radius 2 is 1.62 bits per heavy atom. The molecule has 1 heterocycles. The molecule has 6 nitrogen and oxygen atoms in total. The van der Waals surface area contributed by atoms with Crippen molar-refractivity contribution in [3.05, 3.63) is 56.9 Å². The summed E-state index contributed by atoms with van der Waals surface area (Å²) in [5.41, 5.74) is 0.136. The van der Waals surface area contributed by atoms with Gasteiger partial charge in [-0.25, -0.2) is 4.79 Å². The molecule has 0 saturated carbocycles. The number of rotatable bonds is 8. The summed E-state index contributed by atoms with van der Waals surface area (Å²) < 4.78 is 13.6. The van der Waals surface area contributed by atoms with Crippen molar-refractivity contribution in [3.8, 4) is 11.5 Å². The minimum absolute atomic E-state index is 0.278. The molecule has 130 valence electrons. The topological polar surface area (TPSA) is 62.5 Å². The highest BCUT2D eigenvalue weighted by Gasteiger charge is 2.05. The third-order valence-corrected chi connectivity index (χ3v) is 4.46. The lowest BCUT2D eigenvalue weighted by atomic mass is 10.3. The monoisotopic (exact) mass is 350 g/mol. The van der Waals surface area contributed by atoms with Crippen LogP contribution in [0.1, 0.15) is 12.6 Å². The summed E-state index contributed by atoms with van der Waals surface area (Å²) in [5, 5.41) is 0. The van der Waals surface area contributed by atoms with E-state index in [9.17, 15) is 9.59 Å². The molecule has 2 rings (SSSR count). The standard InChI is InChI=1S/C17H22N2O4S/c1-4-22-14-5-7-15(8-6-14)23-9-10-24-12-13-11-16(20)19(3)17(21)18(13)2/h5-8,11H,4,9-10,12H2,1-3H3. The van der Waals surface area contributed by atoms with Crippen LogP contribution in [0.15, 0.2) is 39.9 Å². The molecular formula is C17H22N2O4S. The highest BCUT2D eigenvalue weighted by atomic mass is 32.2. The summed E-state index contributed by atoms with van der Waals surface area (Å²) in [6, 6.07) is 9.01. The second-order valence-corrected chi connectivity index (χ2v) is 6.29. The van der Waals surface area contributed by atoms with Gasteiger partial charge in [0.2, 0.25) is 0 Å². The summed E-state index contributed by atoms with van der Waals surface area (Å²) >= 11 is 1.62. The van der Waals surface area contributed by atoms with E-state index in [-0.39, 0.29) is 11.2 Å². The largest absolute Gasteiger partial charge is 0.494 e. The molecular weight excluding hydrogens is 328 g/mol. The number of hydrogen-bond donors (Lipinski definition) is 0.